The Hall–Kier alpha value is -0.570. The van der Waals surface area contributed by atoms with Crippen LogP contribution < -0.4 is 5.32 Å². The van der Waals surface area contributed by atoms with Crippen LogP contribution in [-0.2, 0) is 9.53 Å². The summed E-state index contributed by atoms with van der Waals surface area (Å²) in [6.45, 7) is 9.88. The summed E-state index contributed by atoms with van der Waals surface area (Å²) in [5, 5.41) is 3.27. The molecule has 0 bridgehead atoms. The number of hydrogen-bond acceptors (Lipinski definition) is 3. The van der Waals surface area contributed by atoms with Crippen LogP contribution in [0.25, 0.3) is 0 Å². The van der Waals surface area contributed by atoms with Gasteiger partial charge in [-0.05, 0) is 32.2 Å². The molecule has 0 aliphatic carbocycles. The number of carbonyl (C=O) groups excluding carboxylic acids is 1. The van der Waals surface area contributed by atoms with E-state index in [9.17, 15) is 4.79 Å². The van der Waals surface area contributed by atoms with Crippen molar-refractivity contribution in [3.63, 3.8) is 0 Å². The predicted molar refractivity (Wildman–Crippen MR) is 60.6 cm³/mol. The van der Waals surface area contributed by atoms with Crippen molar-refractivity contribution in [2.45, 2.75) is 46.6 Å². The fourth-order valence-electron chi connectivity index (χ4n) is 2.00. The second kappa shape index (κ2) is 4.97. The molecule has 0 saturated carbocycles. The summed E-state index contributed by atoms with van der Waals surface area (Å²) >= 11 is 0. The number of rotatable bonds is 4. The standard InChI is InChI=1S/C12H23NO2/c1-5-10(4)15-11(14)12(9(2)3)6-7-13-8-12/h9-10,13H,5-8H2,1-4H3. The Morgan fingerprint density at radius 2 is 2.13 bits per heavy atom. The molecular formula is C12H23NO2. The van der Waals surface area contributed by atoms with Gasteiger partial charge in [0, 0.05) is 6.54 Å². The third-order valence-corrected chi connectivity index (χ3v) is 3.58. The first-order chi connectivity index (χ1) is 7.03. The zero-order valence-electron chi connectivity index (χ0n) is 10.3. The zero-order chi connectivity index (χ0) is 11.5. The fraction of sp³-hybridized carbons (Fsp3) is 0.917. The molecule has 1 rings (SSSR count). The molecule has 1 saturated heterocycles. The Morgan fingerprint density at radius 3 is 2.53 bits per heavy atom. The summed E-state index contributed by atoms with van der Waals surface area (Å²) in [6.07, 6.45) is 1.82. The van der Waals surface area contributed by atoms with E-state index in [2.05, 4.69) is 19.2 Å². The molecule has 0 aromatic carbocycles. The lowest BCUT2D eigenvalue weighted by Gasteiger charge is -2.31. The molecule has 0 aromatic rings. The molecule has 1 aliphatic rings. The van der Waals surface area contributed by atoms with Crippen molar-refractivity contribution in [1.82, 2.24) is 5.32 Å². The van der Waals surface area contributed by atoms with Crippen LogP contribution in [0.4, 0.5) is 0 Å². The van der Waals surface area contributed by atoms with Gasteiger partial charge in [0.25, 0.3) is 0 Å². The van der Waals surface area contributed by atoms with Gasteiger partial charge in [-0.2, -0.15) is 0 Å². The van der Waals surface area contributed by atoms with E-state index < -0.39 is 0 Å². The number of ether oxygens (including phenoxy) is 1. The van der Waals surface area contributed by atoms with Crippen molar-refractivity contribution in [3.05, 3.63) is 0 Å². The van der Waals surface area contributed by atoms with E-state index in [1.807, 2.05) is 13.8 Å². The van der Waals surface area contributed by atoms with Gasteiger partial charge < -0.3 is 10.1 Å². The van der Waals surface area contributed by atoms with Gasteiger partial charge in [-0.1, -0.05) is 20.8 Å². The van der Waals surface area contributed by atoms with E-state index in [1.165, 1.54) is 0 Å². The SMILES string of the molecule is CCC(C)OC(=O)C1(C(C)C)CCNC1. The third-order valence-electron chi connectivity index (χ3n) is 3.58. The van der Waals surface area contributed by atoms with Crippen LogP contribution in [0, 0.1) is 11.3 Å². The molecule has 0 radical (unpaired) electrons. The molecule has 88 valence electrons. The molecule has 1 N–H and O–H groups in total. The van der Waals surface area contributed by atoms with E-state index in [4.69, 9.17) is 4.74 Å². The zero-order valence-corrected chi connectivity index (χ0v) is 10.3. The molecule has 1 aliphatic heterocycles. The van der Waals surface area contributed by atoms with Gasteiger partial charge in [-0.25, -0.2) is 0 Å². The highest BCUT2D eigenvalue weighted by Crippen LogP contribution is 2.35. The first-order valence-corrected chi connectivity index (χ1v) is 5.94. The average molecular weight is 213 g/mol. The normalized spacial score (nSPS) is 28.1. The van der Waals surface area contributed by atoms with Crippen molar-refractivity contribution in [1.29, 1.82) is 0 Å². The summed E-state index contributed by atoms with van der Waals surface area (Å²) in [7, 11) is 0. The van der Waals surface area contributed by atoms with Crippen molar-refractivity contribution >= 4 is 5.97 Å². The van der Waals surface area contributed by atoms with Gasteiger partial charge in [-0.3, -0.25) is 4.79 Å². The Bertz CT molecular complexity index is 220. The second-order valence-corrected chi connectivity index (χ2v) is 4.86. The smallest absolute Gasteiger partial charge is 0.313 e. The molecule has 0 spiro atoms. The van der Waals surface area contributed by atoms with E-state index in [1.54, 1.807) is 0 Å². The molecule has 1 heterocycles. The molecule has 0 aromatic heterocycles. The highest BCUT2D eigenvalue weighted by molar-refractivity contribution is 5.78. The monoisotopic (exact) mass is 213 g/mol. The first kappa shape index (κ1) is 12.5. The Morgan fingerprint density at radius 1 is 1.47 bits per heavy atom. The summed E-state index contributed by atoms with van der Waals surface area (Å²) in [6, 6.07) is 0. The predicted octanol–water partition coefficient (Wildman–Crippen LogP) is 1.96. The molecule has 0 amide bonds. The number of nitrogens with one attached hydrogen (secondary N) is 1. The van der Waals surface area contributed by atoms with Gasteiger partial charge in [0.2, 0.25) is 0 Å². The Labute approximate surface area is 92.6 Å². The van der Waals surface area contributed by atoms with Gasteiger partial charge in [0.05, 0.1) is 11.5 Å². The van der Waals surface area contributed by atoms with E-state index in [0.29, 0.717) is 5.92 Å². The van der Waals surface area contributed by atoms with Gasteiger partial charge in [-0.15, -0.1) is 0 Å². The minimum atomic E-state index is -0.288. The molecule has 1 fully saturated rings. The lowest BCUT2D eigenvalue weighted by Crippen LogP contribution is -2.41. The van der Waals surface area contributed by atoms with Crippen molar-refractivity contribution in [3.8, 4) is 0 Å². The highest BCUT2D eigenvalue weighted by Gasteiger charge is 2.45. The van der Waals surface area contributed by atoms with Crippen LogP contribution in [0.5, 0.6) is 0 Å². The summed E-state index contributed by atoms with van der Waals surface area (Å²) in [5.74, 6) is 0.320. The maximum atomic E-state index is 12.1. The molecule has 3 heteroatoms. The summed E-state index contributed by atoms with van der Waals surface area (Å²) in [5.41, 5.74) is -0.288. The quantitative estimate of drug-likeness (QED) is 0.726. The minimum absolute atomic E-state index is 0.0168. The molecular weight excluding hydrogens is 190 g/mol. The minimum Gasteiger partial charge on any atom is -0.462 e. The van der Waals surface area contributed by atoms with E-state index >= 15 is 0 Å². The lowest BCUT2D eigenvalue weighted by atomic mass is 9.76. The fourth-order valence-corrected chi connectivity index (χ4v) is 2.00. The highest BCUT2D eigenvalue weighted by atomic mass is 16.5. The largest absolute Gasteiger partial charge is 0.462 e. The van der Waals surface area contributed by atoms with E-state index in [-0.39, 0.29) is 17.5 Å². The van der Waals surface area contributed by atoms with Crippen LogP contribution in [0.1, 0.15) is 40.5 Å². The van der Waals surface area contributed by atoms with E-state index in [0.717, 1.165) is 25.9 Å². The van der Waals surface area contributed by atoms with Crippen LogP contribution in [-0.4, -0.2) is 25.2 Å². The molecule has 15 heavy (non-hydrogen) atoms. The maximum absolute atomic E-state index is 12.1. The number of esters is 1. The van der Waals surface area contributed by atoms with Gasteiger partial charge >= 0.3 is 5.97 Å². The van der Waals surface area contributed by atoms with Gasteiger partial charge in [0.15, 0.2) is 0 Å². The number of carbonyl (C=O) groups is 1. The molecule has 3 nitrogen and oxygen atoms in total. The van der Waals surface area contributed by atoms with Crippen molar-refractivity contribution < 1.29 is 9.53 Å². The average Bonchev–Trinajstić information content (AvgIpc) is 2.67. The van der Waals surface area contributed by atoms with Crippen LogP contribution >= 0.6 is 0 Å². The van der Waals surface area contributed by atoms with Gasteiger partial charge in [0.1, 0.15) is 0 Å². The summed E-state index contributed by atoms with van der Waals surface area (Å²) < 4.78 is 5.47. The van der Waals surface area contributed by atoms with Crippen molar-refractivity contribution in [2.75, 3.05) is 13.1 Å². The lowest BCUT2D eigenvalue weighted by molar-refractivity contribution is -0.162. The van der Waals surface area contributed by atoms with Crippen LogP contribution in [0.3, 0.4) is 0 Å². The number of hydrogen-bond donors (Lipinski definition) is 1. The first-order valence-electron chi connectivity index (χ1n) is 5.94. The van der Waals surface area contributed by atoms with Crippen LogP contribution in [0.15, 0.2) is 0 Å². The Balaban J connectivity index is 2.68. The van der Waals surface area contributed by atoms with Crippen molar-refractivity contribution in [2.24, 2.45) is 11.3 Å². The summed E-state index contributed by atoms with van der Waals surface area (Å²) in [4.78, 5) is 12.1. The van der Waals surface area contributed by atoms with Crippen LogP contribution in [0.2, 0.25) is 0 Å². The molecule has 2 unspecified atom stereocenters. The second-order valence-electron chi connectivity index (χ2n) is 4.86. The maximum Gasteiger partial charge on any atom is 0.313 e. The third kappa shape index (κ3) is 2.51. The molecule has 2 atom stereocenters. The topological polar surface area (TPSA) is 38.3 Å². The Kier molecular flexibility index (Phi) is 4.14.